The highest BCUT2D eigenvalue weighted by Crippen LogP contribution is 2.45. The van der Waals surface area contributed by atoms with Crippen molar-refractivity contribution in [1.82, 2.24) is 9.55 Å². The number of ether oxygens (including phenoxy) is 1. The second-order valence-corrected chi connectivity index (χ2v) is 8.43. The predicted octanol–water partition coefficient (Wildman–Crippen LogP) is 5.56. The maximum absolute atomic E-state index is 13.3. The van der Waals surface area contributed by atoms with E-state index >= 15 is 0 Å². The smallest absolute Gasteiger partial charge is 0.242 e. The van der Waals surface area contributed by atoms with Crippen LogP contribution in [0.2, 0.25) is 0 Å². The van der Waals surface area contributed by atoms with Gasteiger partial charge in [-0.05, 0) is 66.1 Å². The molecule has 0 aliphatic rings. The number of aromatic hydroxyl groups is 2. The Morgan fingerprint density at radius 1 is 1.15 bits per heavy atom. The SMILES string of the molecule is CCc1ccc2nc(-n3c(O)c(O)c(C(=O)c4ccco4)c3-c3ccc(OC)cc3)sc2c1. The van der Waals surface area contributed by atoms with E-state index in [1.54, 1.807) is 37.4 Å². The summed E-state index contributed by atoms with van der Waals surface area (Å²) in [5.74, 6) is -0.863. The lowest BCUT2D eigenvalue weighted by atomic mass is 10.0. The van der Waals surface area contributed by atoms with Crippen molar-refractivity contribution in [2.24, 2.45) is 0 Å². The number of fused-ring (bicyclic) bond motifs is 1. The number of ketones is 1. The summed E-state index contributed by atoms with van der Waals surface area (Å²) >= 11 is 1.36. The molecule has 0 bridgehead atoms. The van der Waals surface area contributed by atoms with Crippen LogP contribution in [0, 0.1) is 0 Å². The van der Waals surface area contributed by atoms with Gasteiger partial charge in [-0.15, -0.1) is 0 Å². The van der Waals surface area contributed by atoms with Crippen molar-refractivity contribution in [3.05, 3.63) is 77.7 Å². The van der Waals surface area contributed by atoms with Gasteiger partial charge in [-0.25, -0.2) is 4.98 Å². The molecule has 2 N–H and O–H groups in total. The van der Waals surface area contributed by atoms with Crippen LogP contribution < -0.4 is 4.74 Å². The first-order valence-corrected chi connectivity index (χ1v) is 11.1. The number of nitrogens with zero attached hydrogens (tertiary/aromatic N) is 2. The molecule has 0 aliphatic carbocycles. The number of methoxy groups -OCH3 is 1. The number of carbonyl (C=O) groups is 1. The number of aromatic nitrogens is 2. The maximum atomic E-state index is 13.3. The van der Waals surface area contributed by atoms with Crippen molar-refractivity contribution >= 4 is 27.3 Å². The third-order valence-corrected chi connectivity index (χ3v) is 6.50. The minimum Gasteiger partial charge on any atom is -0.503 e. The Morgan fingerprint density at radius 2 is 1.94 bits per heavy atom. The second-order valence-electron chi connectivity index (χ2n) is 7.42. The predicted molar refractivity (Wildman–Crippen MR) is 126 cm³/mol. The first-order chi connectivity index (χ1) is 16.0. The van der Waals surface area contributed by atoms with E-state index in [4.69, 9.17) is 9.15 Å². The van der Waals surface area contributed by atoms with Gasteiger partial charge in [-0.3, -0.25) is 9.36 Å². The van der Waals surface area contributed by atoms with E-state index in [2.05, 4.69) is 18.0 Å². The van der Waals surface area contributed by atoms with Crippen molar-refractivity contribution in [3.8, 4) is 33.8 Å². The van der Waals surface area contributed by atoms with Crippen LogP contribution >= 0.6 is 11.3 Å². The molecule has 5 aromatic rings. The number of thiazole rings is 1. The van der Waals surface area contributed by atoms with E-state index in [1.807, 2.05) is 12.1 Å². The monoisotopic (exact) mass is 460 g/mol. The van der Waals surface area contributed by atoms with Crippen LogP contribution in [-0.4, -0.2) is 32.7 Å². The number of benzene rings is 2. The molecular weight excluding hydrogens is 440 g/mol. The quantitative estimate of drug-likeness (QED) is 0.322. The zero-order valence-corrected chi connectivity index (χ0v) is 18.7. The van der Waals surface area contributed by atoms with Gasteiger partial charge >= 0.3 is 0 Å². The van der Waals surface area contributed by atoms with Crippen LogP contribution in [0.15, 0.2) is 65.3 Å². The van der Waals surface area contributed by atoms with E-state index < -0.39 is 17.4 Å². The average Bonchev–Trinajstić information content (AvgIpc) is 3.57. The molecule has 0 saturated carbocycles. The first kappa shape index (κ1) is 20.8. The van der Waals surface area contributed by atoms with Gasteiger partial charge < -0.3 is 19.4 Å². The van der Waals surface area contributed by atoms with Crippen LogP contribution in [0.1, 0.15) is 28.6 Å². The molecule has 0 radical (unpaired) electrons. The van der Waals surface area contributed by atoms with Gasteiger partial charge in [-0.2, -0.15) is 0 Å². The van der Waals surface area contributed by atoms with Crippen LogP contribution in [0.5, 0.6) is 17.4 Å². The number of rotatable bonds is 6. The van der Waals surface area contributed by atoms with Gasteiger partial charge in [0.1, 0.15) is 5.75 Å². The summed E-state index contributed by atoms with van der Waals surface area (Å²) < 4.78 is 12.9. The molecule has 0 atom stereocenters. The van der Waals surface area contributed by atoms with Gasteiger partial charge in [-0.1, -0.05) is 24.3 Å². The van der Waals surface area contributed by atoms with E-state index in [1.165, 1.54) is 33.8 Å². The highest BCUT2D eigenvalue weighted by atomic mass is 32.1. The van der Waals surface area contributed by atoms with E-state index in [0.29, 0.717) is 22.1 Å². The lowest BCUT2D eigenvalue weighted by Gasteiger charge is -2.09. The molecule has 0 amide bonds. The average molecular weight is 461 g/mol. The largest absolute Gasteiger partial charge is 0.503 e. The summed E-state index contributed by atoms with van der Waals surface area (Å²) in [4.78, 5) is 17.9. The molecule has 0 unspecified atom stereocenters. The highest BCUT2D eigenvalue weighted by molar-refractivity contribution is 7.20. The van der Waals surface area contributed by atoms with Crippen LogP contribution in [0.3, 0.4) is 0 Å². The van der Waals surface area contributed by atoms with Crippen molar-refractivity contribution in [2.45, 2.75) is 13.3 Å². The third-order valence-electron chi connectivity index (χ3n) is 5.50. The van der Waals surface area contributed by atoms with Crippen molar-refractivity contribution < 1.29 is 24.2 Å². The molecule has 5 rings (SSSR count). The van der Waals surface area contributed by atoms with Crippen LogP contribution in [0.25, 0.3) is 26.6 Å². The van der Waals surface area contributed by atoms with E-state index in [9.17, 15) is 15.0 Å². The summed E-state index contributed by atoms with van der Waals surface area (Å²) in [5.41, 5.74) is 2.76. The Kier molecular flexibility index (Phi) is 5.14. The van der Waals surface area contributed by atoms with Gasteiger partial charge in [0.15, 0.2) is 16.6 Å². The first-order valence-electron chi connectivity index (χ1n) is 10.3. The molecule has 7 nitrogen and oxygen atoms in total. The Morgan fingerprint density at radius 3 is 2.61 bits per heavy atom. The fourth-order valence-electron chi connectivity index (χ4n) is 3.77. The maximum Gasteiger partial charge on any atom is 0.242 e. The van der Waals surface area contributed by atoms with Gasteiger partial charge in [0.2, 0.25) is 11.7 Å². The third kappa shape index (κ3) is 3.44. The molecule has 0 spiro atoms. The molecule has 0 saturated heterocycles. The van der Waals surface area contributed by atoms with Crippen molar-refractivity contribution in [2.75, 3.05) is 7.11 Å². The summed E-state index contributed by atoms with van der Waals surface area (Å²) in [6, 6.07) is 16.1. The number of hydrogen-bond donors (Lipinski definition) is 2. The number of furan rings is 1. The fraction of sp³-hybridized carbons (Fsp3) is 0.120. The zero-order chi connectivity index (χ0) is 23.1. The lowest BCUT2D eigenvalue weighted by Crippen LogP contribution is -2.04. The van der Waals surface area contributed by atoms with E-state index in [-0.39, 0.29) is 11.3 Å². The number of carbonyl (C=O) groups excluding carboxylic acids is 1. The normalized spacial score (nSPS) is 11.2. The zero-order valence-electron chi connectivity index (χ0n) is 17.9. The van der Waals surface area contributed by atoms with Crippen LogP contribution in [0.4, 0.5) is 0 Å². The Bertz CT molecular complexity index is 1460. The molecule has 2 aromatic carbocycles. The Labute approximate surface area is 193 Å². The molecule has 8 heteroatoms. The standard InChI is InChI=1S/C25H20N2O5S/c1-3-14-6-11-17-19(13-14)33-25(26-17)27-21(15-7-9-16(31-2)10-8-15)20(23(29)24(27)30)22(28)18-5-4-12-32-18/h4-13,29-30H,3H2,1-2H3. The van der Waals surface area contributed by atoms with Crippen LogP contribution in [-0.2, 0) is 6.42 Å². The van der Waals surface area contributed by atoms with E-state index in [0.717, 1.165) is 16.6 Å². The summed E-state index contributed by atoms with van der Waals surface area (Å²) in [6.45, 7) is 2.08. The number of aryl methyl sites for hydroxylation is 1. The minimum atomic E-state index is -0.549. The van der Waals surface area contributed by atoms with Gasteiger partial charge in [0, 0.05) is 0 Å². The van der Waals surface area contributed by atoms with Gasteiger partial charge in [0.05, 0.1) is 34.8 Å². The van der Waals surface area contributed by atoms with Gasteiger partial charge in [0.25, 0.3) is 0 Å². The topological polar surface area (TPSA) is 97.7 Å². The van der Waals surface area contributed by atoms with Crippen molar-refractivity contribution in [1.29, 1.82) is 0 Å². The Hall–Kier alpha value is -4.04. The lowest BCUT2D eigenvalue weighted by molar-refractivity contribution is 0.101. The molecule has 0 aliphatic heterocycles. The summed E-state index contributed by atoms with van der Waals surface area (Å²) in [6.07, 6.45) is 2.27. The molecule has 166 valence electrons. The highest BCUT2D eigenvalue weighted by Gasteiger charge is 2.32. The molecular formula is C25H20N2O5S. The Balaban J connectivity index is 1.78. The number of hydrogen-bond acceptors (Lipinski definition) is 7. The second kappa shape index (κ2) is 8.14. The minimum absolute atomic E-state index is 0.0501. The molecule has 3 heterocycles. The summed E-state index contributed by atoms with van der Waals surface area (Å²) in [5, 5.41) is 22.3. The fourth-order valence-corrected chi connectivity index (χ4v) is 4.81. The molecule has 33 heavy (non-hydrogen) atoms. The summed E-state index contributed by atoms with van der Waals surface area (Å²) in [7, 11) is 1.56. The molecule has 0 fully saturated rings. The molecule has 3 aromatic heterocycles. The van der Waals surface area contributed by atoms with Crippen molar-refractivity contribution in [3.63, 3.8) is 0 Å².